The minimum Gasteiger partial charge on any atom is -0.481 e. The van der Waals surface area contributed by atoms with Crippen molar-refractivity contribution in [3.8, 4) is 11.8 Å². The Morgan fingerprint density at radius 3 is 2.70 bits per heavy atom. The quantitative estimate of drug-likeness (QED) is 0.682. The Morgan fingerprint density at radius 2 is 2.15 bits per heavy atom. The highest BCUT2D eigenvalue weighted by Crippen LogP contribution is 2.28. The fourth-order valence-corrected chi connectivity index (χ4v) is 2.61. The topological polar surface area (TPSA) is 63.7 Å². The van der Waals surface area contributed by atoms with Crippen LogP contribution in [0, 0.1) is 5.82 Å². The lowest BCUT2D eigenvalue weighted by atomic mass is 10.2. The van der Waals surface area contributed by atoms with Crippen LogP contribution >= 0.6 is 0 Å². The van der Waals surface area contributed by atoms with Crippen LogP contribution in [-0.4, -0.2) is 61.5 Å². The van der Waals surface area contributed by atoms with Crippen molar-refractivity contribution < 1.29 is 36.2 Å². The van der Waals surface area contributed by atoms with Crippen molar-refractivity contribution in [1.29, 1.82) is 0 Å². The van der Waals surface area contributed by atoms with Crippen molar-refractivity contribution in [1.82, 2.24) is 15.2 Å². The molecule has 1 N–H and O–H groups in total. The predicted octanol–water partition coefficient (Wildman–Crippen LogP) is 2.22. The molecule has 1 fully saturated rings. The Morgan fingerprint density at radius 1 is 1.44 bits per heavy atom. The molecule has 0 aromatic carbocycles. The molecule has 0 spiro atoms. The number of likely N-dealkylation sites (N-methyl/N-ethyl adjacent to an activating group) is 1. The number of pyridine rings is 1. The number of halogens is 5. The minimum atomic E-state index is -4.44. The molecule has 1 aliphatic rings. The highest BCUT2D eigenvalue weighted by Gasteiger charge is 2.42. The Hall–Kier alpha value is -2.17. The van der Waals surface area contributed by atoms with Crippen LogP contribution in [0.15, 0.2) is 6.07 Å². The maximum Gasteiger partial charge on any atom is 0.340 e. The number of aromatic nitrogens is 1. The first kappa shape index (κ1) is 21.1. The third kappa shape index (κ3) is 5.18. The first-order valence-electron chi connectivity index (χ1n) is 8.16. The van der Waals surface area contributed by atoms with E-state index in [0.717, 1.165) is 19.0 Å². The van der Waals surface area contributed by atoms with E-state index >= 15 is 0 Å². The molecule has 1 saturated heterocycles. The van der Waals surface area contributed by atoms with Gasteiger partial charge in [0.25, 0.3) is 5.88 Å². The van der Waals surface area contributed by atoms with Gasteiger partial charge in [-0.1, -0.05) is 0 Å². The van der Waals surface area contributed by atoms with Crippen LogP contribution in [0.1, 0.15) is 18.4 Å². The van der Waals surface area contributed by atoms with Crippen molar-refractivity contribution in [2.24, 2.45) is 0 Å². The van der Waals surface area contributed by atoms with Crippen LogP contribution < -0.4 is 14.8 Å². The molecule has 11 heteroatoms. The summed E-state index contributed by atoms with van der Waals surface area (Å²) in [6.45, 7) is -1.04. The smallest absolute Gasteiger partial charge is 0.340 e. The van der Waals surface area contributed by atoms with E-state index < -0.39 is 30.7 Å². The summed E-state index contributed by atoms with van der Waals surface area (Å²) in [7, 11) is 2.73. The van der Waals surface area contributed by atoms with Gasteiger partial charge in [-0.05, 0) is 25.5 Å². The number of hydrogen-bond acceptors (Lipinski definition) is 5. The zero-order chi connectivity index (χ0) is 20.2. The molecule has 0 aliphatic carbocycles. The summed E-state index contributed by atoms with van der Waals surface area (Å²) in [4.78, 5) is 17.3. The zero-order valence-electron chi connectivity index (χ0n) is 14.8. The van der Waals surface area contributed by atoms with E-state index in [1.807, 2.05) is 0 Å². The SMILES string of the molecule is COc1nc(OCC(F)(F)C(F)F)c(F)cc1CN(C)C(=O)[C@@H]1CCCN1. The molecule has 0 bridgehead atoms. The second-order valence-corrected chi connectivity index (χ2v) is 6.14. The first-order chi connectivity index (χ1) is 12.7. The molecule has 1 atom stereocenters. The van der Waals surface area contributed by atoms with Gasteiger partial charge in [-0.25, -0.2) is 13.2 Å². The second kappa shape index (κ2) is 8.68. The number of amides is 1. The standard InChI is InChI=1S/C16H20F5N3O3/c1-24(14(25)11-4-3-5-22-11)7-9-6-10(17)13(23-12(9)26-2)27-8-16(20,21)15(18)19/h6,11,15,22H,3-5,7-8H2,1-2H3/t11-/m0/s1. The lowest BCUT2D eigenvalue weighted by Gasteiger charge is -2.22. The Kier molecular flexibility index (Phi) is 6.79. The largest absolute Gasteiger partial charge is 0.481 e. The minimum absolute atomic E-state index is 0.0441. The van der Waals surface area contributed by atoms with E-state index in [0.29, 0.717) is 6.42 Å². The normalized spacial score (nSPS) is 17.3. The summed E-state index contributed by atoms with van der Waals surface area (Å²) in [5, 5.41) is 3.05. The van der Waals surface area contributed by atoms with Gasteiger partial charge in [0.15, 0.2) is 12.4 Å². The van der Waals surface area contributed by atoms with Crippen LogP contribution in [0.5, 0.6) is 11.8 Å². The Labute approximate surface area is 152 Å². The number of methoxy groups -OCH3 is 1. The fraction of sp³-hybridized carbons (Fsp3) is 0.625. The molecular formula is C16H20F5N3O3. The van der Waals surface area contributed by atoms with E-state index in [1.165, 1.54) is 19.1 Å². The predicted molar refractivity (Wildman–Crippen MR) is 84.7 cm³/mol. The van der Waals surface area contributed by atoms with Crippen molar-refractivity contribution in [2.45, 2.75) is 37.8 Å². The molecule has 1 aromatic rings. The summed E-state index contributed by atoms with van der Waals surface area (Å²) < 4.78 is 73.7. The van der Waals surface area contributed by atoms with Gasteiger partial charge in [-0.3, -0.25) is 4.79 Å². The van der Waals surface area contributed by atoms with Crippen molar-refractivity contribution in [3.05, 3.63) is 17.4 Å². The maximum atomic E-state index is 14.1. The highest BCUT2D eigenvalue weighted by molar-refractivity contribution is 5.82. The molecule has 1 aliphatic heterocycles. The van der Waals surface area contributed by atoms with Crippen molar-refractivity contribution in [3.63, 3.8) is 0 Å². The van der Waals surface area contributed by atoms with Crippen LogP contribution in [-0.2, 0) is 11.3 Å². The van der Waals surface area contributed by atoms with E-state index in [1.54, 1.807) is 0 Å². The van der Waals surface area contributed by atoms with Crippen LogP contribution in [0.2, 0.25) is 0 Å². The third-order valence-electron chi connectivity index (χ3n) is 4.04. The van der Waals surface area contributed by atoms with Crippen LogP contribution in [0.3, 0.4) is 0 Å². The number of rotatable bonds is 8. The lowest BCUT2D eigenvalue weighted by Crippen LogP contribution is -2.41. The number of nitrogens with one attached hydrogen (secondary N) is 1. The monoisotopic (exact) mass is 397 g/mol. The van der Waals surface area contributed by atoms with E-state index in [2.05, 4.69) is 15.0 Å². The molecule has 27 heavy (non-hydrogen) atoms. The number of alkyl halides is 4. The lowest BCUT2D eigenvalue weighted by molar-refractivity contribution is -0.149. The van der Waals surface area contributed by atoms with Gasteiger partial charge in [0.05, 0.1) is 19.7 Å². The van der Waals surface area contributed by atoms with Gasteiger partial charge in [0.2, 0.25) is 11.8 Å². The highest BCUT2D eigenvalue weighted by atomic mass is 19.3. The average molecular weight is 397 g/mol. The van der Waals surface area contributed by atoms with Crippen LogP contribution in [0.4, 0.5) is 22.0 Å². The second-order valence-electron chi connectivity index (χ2n) is 6.14. The van der Waals surface area contributed by atoms with E-state index in [-0.39, 0.29) is 29.9 Å². The Bertz CT molecular complexity index is 669. The molecule has 6 nitrogen and oxygen atoms in total. The van der Waals surface area contributed by atoms with Gasteiger partial charge < -0.3 is 19.7 Å². The molecule has 152 valence electrons. The van der Waals surface area contributed by atoms with Gasteiger partial charge in [-0.2, -0.15) is 13.8 Å². The van der Waals surface area contributed by atoms with Gasteiger partial charge in [0, 0.05) is 12.6 Å². The summed E-state index contributed by atoms with van der Waals surface area (Å²) in [6, 6.07) is 0.589. The number of nitrogens with zero attached hydrogens (tertiary/aromatic N) is 2. The number of ether oxygens (including phenoxy) is 2. The number of hydrogen-bond donors (Lipinski definition) is 1. The average Bonchev–Trinajstić information content (AvgIpc) is 3.14. The number of carbonyl (C=O) groups is 1. The first-order valence-corrected chi connectivity index (χ1v) is 8.16. The van der Waals surface area contributed by atoms with E-state index in [9.17, 15) is 26.7 Å². The fourth-order valence-electron chi connectivity index (χ4n) is 2.61. The summed E-state index contributed by atoms with van der Waals surface area (Å²) in [5.41, 5.74) is 0.178. The molecule has 2 heterocycles. The van der Waals surface area contributed by atoms with E-state index in [4.69, 9.17) is 4.74 Å². The number of carbonyl (C=O) groups excluding carboxylic acids is 1. The molecule has 0 unspecified atom stereocenters. The molecule has 0 saturated carbocycles. The molecule has 0 radical (unpaired) electrons. The molecule has 1 aromatic heterocycles. The molecule has 1 amide bonds. The third-order valence-corrected chi connectivity index (χ3v) is 4.04. The summed E-state index contributed by atoms with van der Waals surface area (Å²) in [5.74, 6) is -6.81. The summed E-state index contributed by atoms with van der Waals surface area (Å²) >= 11 is 0. The maximum absolute atomic E-state index is 14.1. The van der Waals surface area contributed by atoms with Gasteiger partial charge in [0.1, 0.15) is 0 Å². The molecular weight excluding hydrogens is 377 g/mol. The van der Waals surface area contributed by atoms with Crippen molar-refractivity contribution in [2.75, 3.05) is 27.3 Å². The van der Waals surface area contributed by atoms with Crippen LogP contribution in [0.25, 0.3) is 0 Å². The summed E-state index contributed by atoms with van der Waals surface area (Å²) in [6.07, 6.45) is -2.39. The van der Waals surface area contributed by atoms with Gasteiger partial charge >= 0.3 is 12.3 Å². The Balaban J connectivity index is 2.11. The van der Waals surface area contributed by atoms with Crippen molar-refractivity contribution >= 4 is 5.91 Å². The zero-order valence-corrected chi connectivity index (χ0v) is 14.8. The van der Waals surface area contributed by atoms with Gasteiger partial charge in [-0.15, -0.1) is 0 Å². The molecule has 2 rings (SSSR count).